The maximum Gasteiger partial charge on any atom is 0.142 e. The Morgan fingerprint density at radius 2 is 2.06 bits per heavy atom. The number of hydrogen-bond donors (Lipinski definition) is 0. The van der Waals surface area contributed by atoms with Crippen molar-refractivity contribution in [1.82, 2.24) is 0 Å². The van der Waals surface area contributed by atoms with Gasteiger partial charge in [-0.05, 0) is 24.1 Å². The summed E-state index contributed by atoms with van der Waals surface area (Å²) in [6.45, 7) is 5.76. The molecule has 16 heavy (non-hydrogen) atoms. The standard InChI is InChI=1S/C13H16BrFO/c1-4-13(2,3)12(16)7-9-5-6-10(14)8-11(9)15/h5-6,8H,4,7H2,1-3H3. The second kappa shape index (κ2) is 5.09. The molecule has 0 bridgehead atoms. The highest BCUT2D eigenvalue weighted by molar-refractivity contribution is 9.10. The van der Waals surface area contributed by atoms with Crippen molar-refractivity contribution in [2.24, 2.45) is 5.41 Å². The van der Waals surface area contributed by atoms with Crippen LogP contribution in [0.4, 0.5) is 4.39 Å². The van der Waals surface area contributed by atoms with Crippen molar-refractivity contribution in [2.75, 3.05) is 0 Å². The summed E-state index contributed by atoms with van der Waals surface area (Å²) in [6.07, 6.45) is 0.934. The molecule has 0 atom stereocenters. The van der Waals surface area contributed by atoms with Gasteiger partial charge in [0.05, 0.1) is 0 Å². The Morgan fingerprint density at radius 3 is 2.56 bits per heavy atom. The van der Waals surface area contributed by atoms with Crippen LogP contribution in [0.2, 0.25) is 0 Å². The Bertz CT molecular complexity index is 399. The number of halogens is 2. The maximum atomic E-state index is 13.5. The average molecular weight is 287 g/mol. The molecule has 1 aromatic rings. The smallest absolute Gasteiger partial charge is 0.142 e. The van der Waals surface area contributed by atoms with E-state index >= 15 is 0 Å². The Kier molecular flexibility index (Phi) is 4.25. The minimum absolute atomic E-state index is 0.0798. The first-order valence-electron chi connectivity index (χ1n) is 5.34. The summed E-state index contributed by atoms with van der Waals surface area (Å²) in [4.78, 5) is 11.9. The first-order valence-corrected chi connectivity index (χ1v) is 6.13. The topological polar surface area (TPSA) is 17.1 Å². The van der Waals surface area contributed by atoms with E-state index in [4.69, 9.17) is 0 Å². The third-order valence-electron chi connectivity index (χ3n) is 3.00. The van der Waals surface area contributed by atoms with Crippen LogP contribution in [0.3, 0.4) is 0 Å². The molecule has 0 N–H and O–H groups in total. The van der Waals surface area contributed by atoms with E-state index in [1.54, 1.807) is 12.1 Å². The number of Topliss-reactive ketones (excluding diaryl/α,β-unsaturated/α-hetero) is 1. The molecule has 0 spiro atoms. The monoisotopic (exact) mass is 286 g/mol. The Morgan fingerprint density at radius 1 is 1.44 bits per heavy atom. The Hall–Kier alpha value is -0.700. The zero-order valence-electron chi connectivity index (χ0n) is 9.81. The highest BCUT2D eigenvalue weighted by Crippen LogP contribution is 2.24. The van der Waals surface area contributed by atoms with Gasteiger partial charge in [0.1, 0.15) is 11.6 Å². The van der Waals surface area contributed by atoms with Crippen LogP contribution in [0.5, 0.6) is 0 Å². The highest BCUT2D eigenvalue weighted by Gasteiger charge is 2.25. The van der Waals surface area contributed by atoms with E-state index in [9.17, 15) is 9.18 Å². The van der Waals surface area contributed by atoms with E-state index in [1.807, 2.05) is 20.8 Å². The number of carbonyl (C=O) groups is 1. The first-order chi connectivity index (χ1) is 7.36. The molecule has 0 saturated carbocycles. The summed E-state index contributed by atoms with van der Waals surface area (Å²) in [5, 5.41) is 0. The second-order valence-corrected chi connectivity index (χ2v) is 5.49. The van der Waals surface area contributed by atoms with Gasteiger partial charge in [-0.25, -0.2) is 4.39 Å². The molecule has 88 valence electrons. The van der Waals surface area contributed by atoms with Gasteiger partial charge in [-0.3, -0.25) is 4.79 Å². The lowest BCUT2D eigenvalue weighted by Gasteiger charge is -2.20. The Balaban J connectivity index is 2.85. The SMILES string of the molecule is CCC(C)(C)C(=O)Cc1ccc(Br)cc1F. The molecule has 0 radical (unpaired) electrons. The normalized spacial score (nSPS) is 11.6. The molecular weight excluding hydrogens is 271 g/mol. The molecule has 0 aliphatic heterocycles. The minimum Gasteiger partial charge on any atom is -0.299 e. The number of rotatable bonds is 4. The van der Waals surface area contributed by atoms with E-state index < -0.39 is 0 Å². The van der Waals surface area contributed by atoms with Crippen LogP contribution in [0.25, 0.3) is 0 Å². The molecule has 0 aromatic heterocycles. The predicted octanol–water partition coefficient (Wildman–Crippen LogP) is 4.14. The van der Waals surface area contributed by atoms with Crippen molar-refractivity contribution < 1.29 is 9.18 Å². The van der Waals surface area contributed by atoms with Crippen molar-refractivity contribution in [3.8, 4) is 0 Å². The van der Waals surface area contributed by atoms with E-state index in [-0.39, 0.29) is 23.4 Å². The van der Waals surface area contributed by atoms with Gasteiger partial charge in [0, 0.05) is 16.3 Å². The molecule has 1 nitrogen and oxygen atoms in total. The van der Waals surface area contributed by atoms with Crippen LogP contribution >= 0.6 is 15.9 Å². The molecule has 0 heterocycles. The summed E-state index contributed by atoms with van der Waals surface area (Å²) < 4.78 is 14.2. The van der Waals surface area contributed by atoms with Gasteiger partial charge in [-0.1, -0.05) is 42.8 Å². The molecule has 0 saturated heterocycles. The molecule has 0 fully saturated rings. The lowest BCUT2D eigenvalue weighted by Crippen LogP contribution is -2.25. The molecular formula is C13H16BrFO. The van der Waals surface area contributed by atoms with Crippen LogP contribution in [-0.2, 0) is 11.2 Å². The van der Waals surface area contributed by atoms with Crippen molar-refractivity contribution >= 4 is 21.7 Å². The van der Waals surface area contributed by atoms with Crippen molar-refractivity contribution in [2.45, 2.75) is 33.6 Å². The number of carbonyl (C=O) groups excluding carboxylic acids is 1. The van der Waals surface area contributed by atoms with Crippen LogP contribution in [0.1, 0.15) is 32.8 Å². The number of benzene rings is 1. The maximum absolute atomic E-state index is 13.5. The lowest BCUT2D eigenvalue weighted by atomic mass is 9.82. The summed E-state index contributed by atoms with van der Waals surface area (Å²) in [5.74, 6) is -0.245. The molecule has 0 aliphatic carbocycles. The lowest BCUT2D eigenvalue weighted by molar-refractivity contribution is -0.126. The van der Waals surface area contributed by atoms with Gasteiger partial charge in [0.25, 0.3) is 0 Å². The fourth-order valence-corrected chi connectivity index (χ4v) is 1.61. The van der Waals surface area contributed by atoms with Crippen LogP contribution in [0.15, 0.2) is 22.7 Å². The van der Waals surface area contributed by atoms with Gasteiger partial charge in [-0.15, -0.1) is 0 Å². The van der Waals surface area contributed by atoms with Crippen molar-refractivity contribution in [1.29, 1.82) is 0 Å². The fraction of sp³-hybridized carbons (Fsp3) is 0.462. The average Bonchev–Trinajstić information content (AvgIpc) is 2.22. The van der Waals surface area contributed by atoms with Crippen LogP contribution in [0, 0.1) is 11.2 Å². The zero-order chi connectivity index (χ0) is 12.3. The molecule has 0 unspecified atom stereocenters. The molecule has 1 aromatic carbocycles. The van der Waals surface area contributed by atoms with Crippen LogP contribution in [-0.4, -0.2) is 5.78 Å². The van der Waals surface area contributed by atoms with Gasteiger partial charge in [0.2, 0.25) is 0 Å². The third kappa shape index (κ3) is 3.14. The number of ketones is 1. The van der Waals surface area contributed by atoms with E-state index in [0.29, 0.717) is 10.0 Å². The van der Waals surface area contributed by atoms with Gasteiger partial charge >= 0.3 is 0 Å². The summed E-state index contributed by atoms with van der Waals surface area (Å²) in [5.41, 5.74) is 0.0919. The number of hydrogen-bond acceptors (Lipinski definition) is 1. The molecule has 1 rings (SSSR count). The zero-order valence-corrected chi connectivity index (χ0v) is 11.4. The first kappa shape index (κ1) is 13.4. The summed E-state index contributed by atoms with van der Waals surface area (Å²) in [7, 11) is 0. The largest absolute Gasteiger partial charge is 0.299 e. The van der Waals surface area contributed by atoms with Crippen LogP contribution < -0.4 is 0 Å². The molecule has 0 aliphatic rings. The minimum atomic E-state index is -0.375. The van der Waals surface area contributed by atoms with Gasteiger partial charge in [-0.2, -0.15) is 0 Å². The fourth-order valence-electron chi connectivity index (χ4n) is 1.27. The predicted molar refractivity (Wildman–Crippen MR) is 66.9 cm³/mol. The van der Waals surface area contributed by atoms with Crippen molar-refractivity contribution in [3.63, 3.8) is 0 Å². The quantitative estimate of drug-likeness (QED) is 0.813. The third-order valence-corrected chi connectivity index (χ3v) is 3.50. The van der Waals surface area contributed by atoms with E-state index in [0.717, 1.165) is 6.42 Å². The molecule has 0 amide bonds. The second-order valence-electron chi connectivity index (χ2n) is 4.57. The van der Waals surface area contributed by atoms with Gasteiger partial charge in [0.15, 0.2) is 0 Å². The summed E-state index contributed by atoms with van der Waals surface area (Å²) >= 11 is 3.19. The Labute approximate surface area is 104 Å². The van der Waals surface area contributed by atoms with Gasteiger partial charge < -0.3 is 0 Å². The molecule has 3 heteroatoms. The van der Waals surface area contributed by atoms with Crippen molar-refractivity contribution in [3.05, 3.63) is 34.1 Å². The highest BCUT2D eigenvalue weighted by atomic mass is 79.9. The van der Waals surface area contributed by atoms with E-state index in [2.05, 4.69) is 15.9 Å². The summed E-state index contributed by atoms with van der Waals surface area (Å²) in [6, 6.07) is 4.80. The van der Waals surface area contributed by atoms with E-state index in [1.165, 1.54) is 6.07 Å².